The Morgan fingerprint density at radius 2 is 2.07 bits per heavy atom. The van der Waals surface area contributed by atoms with Crippen molar-refractivity contribution in [3.63, 3.8) is 0 Å². The number of nitrogens with one attached hydrogen (secondary N) is 1. The molecule has 2 amide bonds. The van der Waals surface area contributed by atoms with E-state index in [4.69, 9.17) is 4.74 Å². The first-order chi connectivity index (χ1) is 6.99. The number of carbonyl (C=O) groups is 2. The minimum Gasteiger partial charge on any atom is -0.503 e. The first-order valence-corrected chi connectivity index (χ1v) is 4.38. The highest BCUT2D eigenvalue weighted by Crippen LogP contribution is 1.91. The number of aliphatic hydroxyl groups excluding tert-OH is 1. The van der Waals surface area contributed by atoms with Crippen LogP contribution in [0.4, 0.5) is 0 Å². The molecule has 0 heterocycles. The normalized spacial score (nSPS) is 11.0. The Morgan fingerprint density at radius 3 is 2.53 bits per heavy atom. The zero-order valence-corrected chi connectivity index (χ0v) is 9.11. The van der Waals surface area contributed by atoms with Crippen molar-refractivity contribution in [2.45, 2.75) is 0 Å². The van der Waals surface area contributed by atoms with E-state index in [1.54, 1.807) is 0 Å². The van der Waals surface area contributed by atoms with Gasteiger partial charge in [-0.2, -0.15) is 0 Å². The quantitative estimate of drug-likeness (QED) is 0.361. The monoisotopic (exact) mass is 216 g/mol. The number of rotatable bonds is 5. The summed E-state index contributed by atoms with van der Waals surface area (Å²) in [6, 6.07) is 0. The van der Waals surface area contributed by atoms with Crippen LogP contribution in [-0.2, 0) is 14.3 Å². The lowest BCUT2D eigenvalue weighted by molar-refractivity contribution is -0.125. The highest BCUT2D eigenvalue weighted by molar-refractivity contribution is 5.98. The van der Waals surface area contributed by atoms with Crippen molar-refractivity contribution < 1.29 is 19.4 Å². The fourth-order valence-electron chi connectivity index (χ4n) is 0.669. The number of hydrogen-bond acceptors (Lipinski definition) is 4. The van der Waals surface area contributed by atoms with Gasteiger partial charge in [-0.15, -0.1) is 0 Å². The Kier molecular flexibility index (Phi) is 6.12. The summed E-state index contributed by atoms with van der Waals surface area (Å²) in [6.45, 7) is 0.629. The Morgan fingerprint density at radius 1 is 1.47 bits per heavy atom. The molecule has 0 aromatic carbocycles. The number of ether oxygens (including phenoxy) is 1. The minimum absolute atomic E-state index is 0.281. The molecule has 0 radical (unpaired) electrons. The van der Waals surface area contributed by atoms with E-state index in [1.165, 1.54) is 26.1 Å². The zero-order chi connectivity index (χ0) is 11.8. The third-order valence-electron chi connectivity index (χ3n) is 1.53. The summed E-state index contributed by atoms with van der Waals surface area (Å²) >= 11 is 0. The van der Waals surface area contributed by atoms with Crippen molar-refractivity contribution in [3.05, 3.63) is 11.8 Å². The van der Waals surface area contributed by atoms with Crippen LogP contribution >= 0.6 is 0 Å². The van der Waals surface area contributed by atoms with Gasteiger partial charge in [0.1, 0.15) is 0 Å². The Hall–Kier alpha value is -1.56. The molecular formula is C9H16N2O4. The summed E-state index contributed by atoms with van der Waals surface area (Å²) in [6.07, 6.45) is 0.863. The largest absolute Gasteiger partial charge is 0.503 e. The van der Waals surface area contributed by atoms with Gasteiger partial charge in [-0.25, -0.2) is 0 Å². The van der Waals surface area contributed by atoms with Crippen LogP contribution in [0.5, 0.6) is 0 Å². The van der Waals surface area contributed by atoms with Crippen LogP contribution in [0.3, 0.4) is 0 Å². The first-order valence-electron chi connectivity index (χ1n) is 4.38. The summed E-state index contributed by atoms with van der Waals surface area (Å²) in [5, 5.41) is 11.6. The van der Waals surface area contributed by atoms with E-state index < -0.39 is 17.6 Å². The number of methoxy groups -OCH3 is 1. The van der Waals surface area contributed by atoms with Crippen LogP contribution in [0, 0.1) is 0 Å². The fourth-order valence-corrected chi connectivity index (χ4v) is 0.669. The van der Waals surface area contributed by atoms with Gasteiger partial charge in [0, 0.05) is 27.7 Å². The number of likely N-dealkylation sites (N-methyl/N-ethyl adjacent to an activating group) is 1. The van der Waals surface area contributed by atoms with Gasteiger partial charge in [0.2, 0.25) is 5.91 Å². The zero-order valence-electron chi connectivity index (χ0n) is 9.11. The highest BCUT2D eigenvalue weighted by atomic mass is 16.5. The second-order valence-corrected chi connectivity index (χ2v) is 3.01. The molecule has 0 unspecified atom stereocenters. The lowest BCUT2D eigenvalue weighted by Gasteiger charge is -2.07. The number of nitrogens with zero attached hydrogens (tertiary/aromatic N) is 1. The fraction of sp³-hybridized carbons (Fsp3) is 0.556. The molecule has 15 heavy (non-hydrogen) atoms. The number of hydrogen-bond donors (Lipinski definition) is 2. The van der Waals surface area contributed by atoms with Crippen LogP contribution in [-0.4, -0.2) is 56.2 Å². The van der Waals surface area contributed by atoms with Gasteiger partial charge in [-0.3, -0.25) is 9.59 Å². The second kappa shape index (κ2) is 6.83. The van der Waals surface area contributed by atoms with E-state index in [1.807, 2.05) is 0 Å². The molecule has 0 aromatic rings. The van der Waals surface area contributed by atoms with Crippen molar-refractivity contribution >= 4 is 11.8 Å². The third-order valence-corrected chi connectivity index (χ3v) is 1.53. The maximum absolute atomic E-state index is 11.1. The highest BCUT2D eigenvalue weighted by Gasteiger charge is 2.09. The second-order valence-electron chi connectivity index (χ2n) is 3.01. The van der Waals surface area contributed by atoms with E-state index >= 15 is 0 Å². The van der Waals surface area contributed by atoms with Crippen molar-refractivity contribution in [1.29, 1.82) is 0 Å². The van der Waals surface area contributed by atoms with E-state index in [0.717, 1.165) is 6.08 Å². The van der Waals surface area contributed by atoms with Crippen LogP contribution in [0.25, 0.3) is 0 Å². The SMILES string of the molecule is COCCNC(=O)C(O)=CC(=O)N(C)C. The molecule has 0 atom stereocenters. The third kappa shape index (κ3) is 5.69. The van der Waals surface area contributed by atoms with Crippen molar-refractivity contribution in [3.8, 4) is 0 Å². The van der Waals surface area contributed by atoms with Crippen molar-refractivity contribution in [1.82, 2.24) is 10.2 Å². The number of carbonyl (C=O) groups excluding carboxylic acids is 2. The Balaban J connectivity index is 4.13. The van der Waals surface area contributed by atoms with Crippen LogP contribution in [0.1, 0.15) is 0 Å². The van der Waals surface area contributed by atoms with Gasteiger partial charge in [-0.05, 0) is 0 Å². The van der Waals surface area contributed by atoms with Crippen LogP contribution in [0.2, 0.25) is 0 Å². The molecule has 0 bridgehead atoms. The molecule has 0 aliphatic rings. The van der Waals surface area contributed by atoms with E-state index in [0.29, 0.717) is 6.61 Å². The number of amides is 2. The summed E-state index contributed by atoms with van der Waals surface area (Å²) in [5.41, 5.74) is 0. The lowest BCUT2D eigenvalue weighted by Crippen LogP contribution is -2.29. The molecule has 0 aromatic heterocycles. The predicted octanol–water partition coefficient (Wildman–Crippen LogP) is -0.721. The maximum atomic E-state index is 11.1. The summed E-state index contributed by atoms with van der Waals surface area (Å²) < 4.78 is 4.70. The molecule has 6 heteroatoms. The Labute approximate surface area is 88.5 Å². The van der Waals surface area contributed by atoms with Crippen LogP contribution < -0.4 is 5.32 Å². The minimum atomic E-state index is -0.692. The van der Waals surface area contributed by atoms with Gasteiger partial charge in [0.15, 0.2) is 5.76 Å². The average molecular weight is 216 g/mol. The summed E-state index contributed by atoms with van der Waals surface area (Å²) in [5.74, 6) is -1.75. The topological polar surface area (TPSA) is 78.9 Å². The van der Waals surface area contributed by atoms with E-state index in [2.05, 4.69) is 5.32 Å². The van der Waals surface area contributed by atoms with Gasteiger partial charge in [0.05, 0.1) is 12.7 Å². The van der Waals surface area contributed by atoms with Gasteiger partial charge < -0.3 is 20.1 Å². The molecular weight excluding hydrogens is 200 g/mol. The summed E-state index contributed by atoms with van der Waals surface area (Å²) in [7, 11) is 4.54. The van der Waals surface area contributed by atoms with Gasteiger partial charge in [-0.1, -0.05) is 0 Å². The molecule has 0 saturated heterocycles. The van der Waals surface area contributed by atoms with Gasteiger partial charge in [0.25, 0.3) is 5.91 Å². The standard InChI is InChI=1S/C9H16N2O4/c1-11(2)8(13)6-7(12)9(14)10-4-5-15-3/h6,12H,4-5H2,1-3H3,(H,10,14). The first kappa shape index (κ1) is 13.4. The Bertz CT molecular complexity index is 261. The maximum Gasteiger partial charge on any atom is 0.286 e. The molecule has 0 spiro atoms. The molecule has 0 aliphatic heterocycles. The average Bonchev–Trinajstić information content (AvgIpc) is 2.17. The number of aliphatic hydroxyl groups is 1. The van der Waals surface area contributed by atoms with Gasteiger partial charge >= 0.3 is 0 Å². The van der Waals surface area contributed by atoms with Crippen molar-refractivity contribution in [2.75, 3.05) is 34.4 Å². The lowest BCUT2D eigenvalue weighted by atomic mass is 10.4. The van der Waals surface area contributed by atoms with Crippen LogP contribution in [0.15, 0.2) is 11.8 Å². The molecule has 0 aliphatic carbocycles. The molecule has 86 valence electrons. The van der Waals surface area contributed by atoms with E-state index in [9.17, 15) is 14.7 Å². The molecule has 0 rings (SSSR count). The van der Waals surface area contributed by atoms with Crippen molar-refractivity contribution in [2.24, 2.45) is 0 Å². The molecule has 6 nitrogen and oxygen atoms in total. The molecule has 0 fully saturated rings. The molecule has 2 N–H and O–H groups in total. The smallest absolute Gasteiger partial charge is 0.286 e. The van der Waals surface area contributed by atoms with E-state index in [-0.39, 0.29) is 6.54 Å². The summed E-state index contributed by atoms with van der Waals surface area (Å²) in [4.78, 5) is 23.4. The molecule has 0 saturated carbocycles. The predicted molar refractivity (Wildman–Crippen MR) is 54.3 cm³/mol.